The Morgan fingerprint density at radius 2 is 1.88 bits per heavy atom. The van der Waals surface area contributed by atoms with Gasteiger partial charge in [-0.3, -0.25) is 9.98 Å². The standard InChI is InChI=1S/C12H12BrN3O/c13-10-6-7-11(15)16(8-14)12(10)17-9-4-2-1-3-5-9/h1-7,15H,8,14H2. The predicted molar refractivity (Wildman–Crippen MR) is 68.7 cm³/mol. The number of benzene rings is 1. The quantitative estimate of drug-likeness (QED) is 0.913. The van der Waals surface area contributed by atoms with Gasteiger partial charge in [-0.2, -0.15) is 0 Å². The lowest BCUT2D eigenvalue weighted by Gasteiger charge is -2.14. The smallest absolute Gasteiger partial charge is 0.217 e. The minimum Gasteiger partial charge on any atom is -0.440 e. The van der Waals surface area contributed by atoms with Gasteiger partial charge in [-0.05, 0) is 40.2 Å². The topological polar surface area (TPSA) is 64.0 Å². The molecule has 0 atom stereocenters. The number of rotatable bonds is 3. The number of para-hydroxylation sites is 1. The van der Waals surface area contributed by atoms with E-state index in [1.807, 2.05) is 30.3 Å². The zero-order chi connectivity index (χ0) is 12.3. The Morgan fingerprint density at radius 1 is 1.18 bits per heavy atom. The third-order valence-electron chi connectivity index (χ3n) is 2.27. The molecule has 17 heavy (non-hydrogen) atoms. The molecule has 0 amide bonds. The van der Waals surface area contributed by atoms with Crippen LogP contribution in [0.2, 0.25) is 0 Å². The lowest BCUT2D eigenvalue weighted by molar-refractivity contribution is 0.414. The lowest BCUT2D eigenvalue weighted by Crippen LogP contribution is -2.24. The van der Waals surface area contributed by atoms with Gasteiger partial charge in [0, 0.05) is 0 Å². The highest BCUT2D eigenvalue weighted by molar-refractivity contribution is 9.10. The van der Waals surface area contributed by atoms with E-state index >= 15 is 0 Å². The van der Waals surface area contributed by atoms with Crippen molar-refractivity contribution < 1.29 is 4.74 Å². The molecule has 4 nitrogen and oxygen atoms in total. The number of aromatic nitrogens is 1. The number of pyridine rings is 1. The van der Waals surface area contributed by atoms with Gasteiger partial charge in [-0.1, -0.05) is 18.2 Å². The molecule has 0 bridgehead atoms. The van der Waals surface area contributed by atoms with Gasteiger partial charge in [0.2, 0.25) is 5.88 Å². The molecule has 0 fully saturated rings. The summed E-state index contributed by atoms with van der Waals surface area (Å²) >= 11 is 3.39. The fraction of sp³-hybridized carbons (Fsp3) is 0.0833. The van der Waals surface area contributed by atoms with Gasteiger partial charge >= 0.3 is 0 Å². The van der Waals surface area contributed by atoms with Crippen LogP contribution in [0.25, 0.3) is 0 Å². The summed E-state index contributed by atoms with van der Waals surface area (Å²) < 4.78 is 8.08. The van der Waals surface area contributed by atoms with Crippen LogP contribution in [0.4, 0.5) is 0 Å². The number of nitrogens with two attached hydrogens (primary N) is 1. The minimum atomic E-state index is 0.195. The first-order valence-electron chi connectivity index (χ1n) is 5.09. The average molecular weight is 294 g/mol. The SMILES string of the molecule is N=c1ccc(Br)c(Oc2ccccc2)n1CN. The van der Waals surface area contributed by atoms with Crippen molar-refractivity contribution in [2.24, 2.45) is 5.73 Å². The van der Waals surface area contributed by atoms with Crippen molar-refractivity contribution in [2.75, 3.05) is 0 Å². The van der Waals surface area contributed by atoms with Crippen LogP contribution in [-0.4, -0.2) is 4.57 Å². The van der Waals surface area contributed by atoms with E-state index in [4.69, 9.17) is 15.9 Å². The van der Waals surface area contributed by atoms with Crippen LogP contribution in [0.1, 0.15) is 0 Å². The highest BCUT2D eigenvalue weighted by atomic mass is 79.9. The summed E-state index contributed by atoms with van der Waals surface area (Å²) in [5, 5.41) is 7.76. The number of ether oxygens (including phenoxy) is 1. The maximum absolute atomic E-state index is 7.76. The molecule has 2 aromatic rings. The highest BCUT2D eigenvalue weighted by Gasteiger charge is 2.08. The molecule has 88 valence electrons. The van der Waals surface area contributed by atoms with E-state index in [1.165, 1.54) is 0 Å². The fourth-order valence-electron chi connectivity index (χ4n) is 1.44. The number of hydrogen-bond donors (Lipinski definition) is 2. The summed E-state index contributed by atoms with van der Waals surface area (Å²) in [5.41, 5.74) is 5.92. The molecule has 1 aromatic heterocycles. The summed E-state index contributed by atoms with van der Waals surface area (Å²) in [4.78, 5) is 0. The molecule has 0 aliphatic heterocycles. The van der Waals surface area contributed by atoms with E-state index in [0.717, 1.165) is 4.47 Å². The van der Waals surface area contributed by atoms with E-state index in [0.29, 0.717) is 17.1 Å². The van der Waals surface area contributed by atoms with Crippen LogP contribution in [0, 0.1) is 5.41 Å². The summed E-state index contributed by atoms with van der Waals surface area (Å²) in [6.07, 6.45) is 0. The van der Waals surface area contributed by atoms with E-state index < -0.39 is 0 Å². The summed E-state index contributed by atoms with van der Waals surface area (Å²) in [7, 11) is 0. The minimum absolute atomic E-state index is 0.195. The Morgan fingerprint density at radius 3 is 2.53 bits per heavy atom. The van der Waals surface area contributed by atoms with E-state index in [9.17, 15) is 0 Å². The Balaban J connectivity index is 2.45. The Hall–Kier alpha value is -1.59. The lowest BCUT2D eigenvalue weighted by atomic mass is 10.3. The van der Waals surface area contributed by atoms with Crippen molar-refractivity contribution in [2.45, 2.75) is 6.67 Å². The second kappa shape index (κ2) is 5.16. The number of nitrogens with zero attached hydrogens (tertiary/aromatic N) is 1. The van der Waals surface area contributed by atoms with Gasteiger partial charge in [0.1, 0.15) is 11.2 Å². The maximum Gasteiger partial charge on any atom is 0.217 e. The summed E-state index contributed by atoms with van der Waals surface area (Å²) in [5.74, 6) is 1.24. The molecular formula is C12H12BrN3O. The molecular weight excluding hydrogens is 282 g/mol. The van der Waals surface area contributed by atoms with Gasteiger partial charge in [-0.15, -0.1) is 0 Å². The third kappa shape index (κ3) is 2.57. The molecule has 0 radical (unpaired) electrons. The van der Waals surface area contributed by atoms with Gasteiger partial charge in [0.15, 0.2) is 0 Å². The Kier molecular flexibility index (Phi) is 3.61. The first-order chi connectivity index (χ1) is 8.22. The first kappa shape index (κ1) is 11.9. The fourth-order valence-corrected chi connectivity index (χ4v) is 1.86. The van der Waals surface area contributed by atoms with Crippen LogP contribution >= 0.6 is 15.9 Å². The molecule has 1 heterocycles. The van der Waals surface area contributed by atoms with Crippen LogP contribution in [0.5, 0.6) is 11.6 Å². The van der Waals surface area contributed by atoms with Crippen LogP contribution in [-0.2, 0) is 6.67 Å². The van der Waals surface area contributed by atoms with Crippen molar-refractivity contribution in [3.63, 3.8) is 0 Å². The highest BCUT2D eigenvalue weighted by Crippen LogP contribution is 2.27. The molecule has 2 rings (SSSR count). The second-order valence-corrected chi connectivity index (χ2v) is 4.25. The van der Waals surface area contributed by atoms with E-state index in [-0.39, 0.29) is 6.67 Å². The van der Waals surface area contributed by atoms with Gasteiger partial charge in [0.05, 0.1) is 11.1 Å². The largest absolute Gasteiger partial charge is 0.440 e. The zero-order valence-corrected chi connectivity index (χ0v) is 10.6. The van der Waals surface area contributed by atoms with Gasteiger partial charge in [0.25, 0.3) is 0 Å². The van der Waals surface area contributed by atoms with E-state index in [1.54, 1.807) is 16.7 Å². The average Bonchev–Trinajstić information content (AvgIpc) is 2.35. The predicted octanol–water partition coefficient (Wildman–Crippen LogP) is 2.44. The number of hydrogen-bond acceptors (Lipinski definition) is 3. The molecule has 0 aliphatic rings. The molecule has 0 unspecified atom stereocenters. The Bertz CT molecular complexity index is 566. The molecule has 0 aliphatic carbocycles. The van der Waals surface area contributed by atoms with Gasteiger partial charge in [-0.25, -0.2) is 0 Å². The third-order valence-corrected chi connectivity index (χ3v) is 2.87. The van der Waals surface area contributed by atoms with Crippen molar-refractivity contribution in [3.8, 4) is 11.6 Å². The Labute approximate surface area is 107 Å². The van der Waals surface area contributed by atoms with Gasteiger partial charge < -0.3 is 10.5 Å². The first-order valence-corrected chi connectivity index (χ1v) is 5.88. The van der Waals surface area contributed by atoms with Crippen LogP contribution in [0.3, 0.4) is 0 Å². The normalized spacial score (nSPS) is 10.2. The molecule has 3 N–H and O–H groups in total. The van der Waals surface area contributed by atoms with Crippen molar-refractivity contribution in [1.29, 1.82) is 5.41 Å². The molecule has 0 saturated carbocycles. The van der Waals surface area contributed by atoms with Crippen molar-refractivity contribution >= 4 is 15.9 Å². The number of halogens is 1. The maximum atomic E-state index is 7.76. The molecule has 0 saturated heterocycles. The van der Waals surface area contributed by atoms with E-state index in [2.05, 4.69) is 15.9 Å². The molecule has 1 aromatic carbocycles. The second-order valence-electron chi connectivity index (χ2n) is 3.40. The summed E-state index contributed by atoms with van der Waals surface area (Å²) in [6.45, 7) is 0.195. The van der Waals surface area contributed by atoms with Crippen molar-refractivity contribution in [3.05, 3.63) is 52.4 Å². The van der Waals surface area contributed by atoms with Crippen LogP contribution in [0.15, 0.2) is 46.9 Å². The monoisotopic (exact) mass is 293 g/mol. The summed E-state index contributed by atoms with van der Waals surface area (Å²) in [6, 6.07) is 12.8. The molecule has 0 spiro atoms. The number of nitrogens with one attached hydrogen (secondary N) is 1. The zero-order valence-electron chi connectivity index (χ0n) is 9.06. The molecule has 5 heteroatoms. The van der Waals surface area contributed by atoms with Crippen LogP contribution < -0.4 is 16.0 Å². The van der Waals surface area contributed by atoms with Crippen molar-refractivity contribution in [1.82, 2.24) is 4.57 Å².